The topological polar surface area (TPSA) is 231 Å². The molecule has 0 aliphatic rings. The van der Waals surface area contributed by atoms with Crippen molar-refractivity contribution in [2.75, 3.05) is 39.6 Å². The van der Waals surface area contributed by atoms with Crippen LogP contribution in [0.1, 0.15) is 355 Å². The second kappa shape index (κ2) is 79.5. The highest BCUT2D eigenvalue weighted by atomic mass is 31.2. The highest BCUT2D eigenvalue weighted by molar-refractivity contribution is 7.47. The lowest BCUT2D eigenvalue weighted by Gasteiger charge is -2.21. The minimum atomic E-state index is -4.94. The van der Waals surface area contributed by atoms with Crippen LogP contribution in [0.15, 0.2) is 122 Å². The lowest BCUT2D eigenvalue weighted by atomic mass is 10.0. The average molecular weight is 1520 g/mol. The van der Waals surface area contributed by atoms with E-state index in [4.69, 9.17) is 32.3 Å². The molecule has 0 bridgehead atoms. The minimum absolute atomic E-state index is 0.0843. The molecule has 0 radical (unpaired) electrons. The van der Waals surface area contributed by atoms with Crippen LogP contribution in [0, 0.1) is 0 Å². The Hall–Kier alpha value is -4.05. The van der Waals surface area contributed by atoms with E-state index in [0.717, 1.165) is 154 Å². The molecule has 0 fully saturated rings. The Kier molecular flexibility index (Phi) is 76.4. The van der Waals surface area contributed by atoms with E-state index in [0.29, 0.717) is 19.3 Å². The molecule has 0 rings (SSSR count). The van der Waals surface area contributed by atoms with Gasteiger partial charge in [-0.05, 0) is 135 Å². The monoisotopic (exact) mass is 1520 g/mol. The first kappa shape index (κ1) is 101. The van der Waals surface area contributed by atoms with Crippen LogP contribution in [0.5, 0.6) is 0 Å². The molecule has 16 nitrogen and oxygen atoms in total. The number of hydrogen-bond donors (Lipinski definition) is 4. The van der Waals surface area contributed by atoms with E-state index in [2.05, 4.69) is 142 Å². The Balaban J connectivity index is 4.42. The third kappa shape index (κ3) is 80.8. The predicted molar refractivity (Wildman–Crippen MR) is 436 cm³/mol. The average Bonchev–Trinajstić information content (AvgIpc) is 0.926. The van der Waals surface area contributed by atoms with Gasteiger partial charge in [0.2, 0.25) is 0 Å². The number of esters is 3. The number of rotatable bonds is 79. The Labute approximate surface area is 640 Å². The van der Waals surface area contributed by atoms with Gasteiger partial charge in [-0.2, -0.15) is 0 Å². The summed E-state index contributed by atoms with van der Waals surface area (Å²) in [5.41, 5.74) is 0. The molecule has 0 aliphatic heterocycles. The largest absolute Gasteiger partial charge is 0.472 e. The first-order chi connectivity index (χ1) is 51.2. The Morgan fingerprint density at radius 1 is 0.267 bits per heavy atom. The Morgan fingerprint density at radius 2 is 0.495 bits per heavy atom. The van der Waals surface area contributed by atoms with Gasteiger partial charge in [0.25, 0.3) is 0 Å². The van der Waals surface area contributed by atoms with Gasteiger partial charge < -0.3 is 34.2 Å². The molecule has 606 valence electrons. The van der Waals surface area contributed by atoms with Crippen molar-refractivity contribution >= 4 is 33.6 Å². The molecule has 4 N–H and O–H groups in total. The number of carbonyl (C=O) groups is 3. The summed E-state index contributed by atoms with van der Waals surface area (Å²) in [5, 5.41) is 20.7. The van der Waals surface area contributed by atoms with Crippen molar-refractivity contribution in [3.8, 4) is 0 Å². The third-order valence-electron chi connectivity index (χ3n) is 17.6. The number of ether oxygens (including phenoxy) is 3. The summed E-state index contributed by atoms with van der Waals surface area (Å²) in [6.45, 7) is 2.56. The van der Waals surface area contributed by atoms with Gasteiger partial charge in [-0.1, -0.05) is 322 Å². The van der Waals surface area contributed by atoms with Crippen molar-refractivity contribution in [3.63, 3.8) is 0 Å². The third-order valence-corrected chi connectivity index (χ3v) is 19.5. The first-order valence-corrected chi connectivity index (χ1v) is 44.8. The molecule has 0 saturated heterocycles. The zero-order valence-electron chi connectivity index (χ0n) is 66.4. The normalized spacial score (nSPS) is 14.5. The van der Waals surface area contributed by atoms with Crippen LogP contribution in [0.25, 0.3) is 0 Å². The molecular formula is C87H152O16P2. The molecule has 0 aromatic heterocycles. The lowest BCUT2D eigenvalue weighted by molar-refractivity contribution is -0.161. The van der Waals surface area contributed by atoms with E-state index in [9.17, 15) is 43.5 Å². The number of carbonyl (C=O) groups excluding carboxylic acids is 3. The molecule has 5 unspecified atom stereocenters. The fourth-order valence-electron chi connectivity index (χ4n) is 11.2. The number of aliphatic hydroxyl groups excluding tert-OH is 2. The summed E-state index contributed by atoms with van der Waals surface area (Å²) in [5.74, 6) is -1.60. The highest BCUT2D eigenvalue weighted by Crippen LogP contribution is 2.45. The number of phosphoric acid groups is 2. The molecule has 0 spiro atoms. The van der Waals surface area contributed by atoms with Crippen LogP contribution in [-0.2, 0) is 55.8 Å². The standard InChI is InChI=1S/C87H152O16P2/c1-4-7-10-13-16-19-22-25-27-29-31-33-35-36-37-38-39-40-41-42-43-44-46-48-49-51-53-56-58-61-64-67-70-73-85(90)97-76-82(88)77-99-104(93,94)100-78-83(89)79-101-105(95,96)102-81-84(103-87(92)75-72-69-66-63-60-55-24-21-18-15-12-9-6-3)80-98-86(91)74-71-68-65-62-59-57-54-52-50-47-45-34-32-30-28-26-23-20-17-14-11-8-5-2/h12,15-17,19-21,24-28,31-34,36-37,47,50,82-84,88-89H,4-11,13-14,18,22-23,29-30,35,38-46,48-49,51-81H2,1-3H3,(H,93,94)(H,95,96)/b15-12-,19-16-,20-17-,24-21-,27-25-,28-26-,33-31-,34-32-,37-36-,50-47-. The quantitative estimate of drug-likeness (QED) is 0.0146. The summed E-state index contributed by atoms with van der Waals surface area (Å²) in [4.78, 5) is 58.7. The summed E-state index contributed by atoms with van der Waals surface area (Å²) in [7, 11) is -9.80. The maximum atomic E-state index is 12.9. The van der Waals surface area contributed by atoms with Gasteiger partial charge in [0.1, 0.15) is 25.4 Å². The van der Waals surface area contributed by atoms with E-state index in [1.54, 1.807) is 0 Å². The molecule has 0 aromatic rings. The van der Waals surface area contributed by atoms with Crippen LogP contribution in [0.3, 0.4) is 0 Å². The number of phosphoric ester groups is 2. The summed E-state index contributed by atoms with van der Waals surface area (Å²) in [6, 6.07) is 0. The van der Waals surface area contributed by atoms with E-state index in [1.807, 2.05) is 0 Å². The van der Waals surface area contributed by atoms with Crippen LogP contribution >= 0.6 is 15.6 Å². The number of allylic oxidation sites excluding steroid dienone is 20. The van der Waals surface area contributed by atoms with Crippen molar-refractivity contribution in [3.05, 3.63) is 122 Å². The molecule has 0 amide bonds. The molecule has 0 aliphatic carbocycles. The van der Waals surface area contributed by atoms with Crippen molar-refractivity contribution in [1.82, 2.24) is 0 Å². The molecule has 5 atom stereocenters. The first-order valence-electron chi connectivity index (χ1n) is 41.8. The number of unbranched alkanes of at least 4 members (excludes halogenated alkanes) is 36. The van der Waals surface area contributed by atoms with E-state index in [-0.39, 0.29) is 19.3 Å². The van der Waals surface area contributed by atoms with E-state index >= 15 is 0 Å². The fourth-order valence-corrected chi connectivity index (χ4v) is 12.8. The number of hydrogen-bond acceptors (Lipinski definition) is 14. The van der Waals surface area contributed by atoms with Crippen molar-refractivity contribution in [2.24, 2.45) is 0 Å². The lowest BCUT2D eigenvalue weighted by Crippen LogP contribution is -2.30. The second-order valence-corrected chi connectivity index (χ2v) is 30.8. The van der Waals surface area contributed by atoms with Gasteiger partial charge >= 0.3 is 33.6 Å². The molecule has 18 heteroatoms. The SMILES string of the molecule is CCC/C=C\C/C=C\CCCCCCCC(=O)OC(COC(=O)CCCCCCCCC/C=C\C/C=C\C/C=C\C/C=C\CCCCC)COP(=O)(O)OCC(O)COP(=O)(O)OCC(O)COC(=O)CCCCCCCCCCCCCCCCCCC/C=C\C/C=C\C/C=C\C/C=C\CCCCC. The fraction of sp³-hybridized carbons (Fsp3) is 0.736. The molecule has 0 saturated carbocycles. The van der Waals surface area contributed by atoms with Crippen molar-refractivity contribution in [1.29, 1.82) is 0 Å². The smallest absolute Gasteiger partial charge is 0.463 e. The number of aliphatic hydroxyl groups is 2. The van der Waals surface area contributed by atoms with Gasteiger partial charge in [-0.25, -0.2) is 9.13 Å². The van der Waals surface area contributed by atoms with Gasteiger partial charge in [0.15, 0.2) is 6.10 Å². The molecule has 0 aromatic carbocycles. The zero-order chi connectivity index (χ0) is 76.6. The maximum absolute atomic E-state index is 12.9. The summed E-state index contributed by atoms with van der Waals surface area (Å²) >= 11 is 0. The summed E-state index contributed by atoms with van der Waals surface area (Å²) in [6.07, 6.45) is 95.5. The maximum Gasteiger partial charge on any atom is 0.472 e. The summed E-state index contributed by atoms with van der Waals surface area (Å²) < 4.78 is 61.2. The molecule has 105 heavy (non-hydrogen) atoms. The van der Waals surface area contributed by atoms with E-state index in [1.165, 1.54) is 141 Å². The molecular weight excluding hydrogens is 1360 g/mol. The van der Waals surface area contributed by atoms with Crippen LogP contribution in [0.4, 0.5) is 0 Å². The van der Waals surface area contributed by atoms with Crippen molar-refractivity contribution in [2.45, 2.75) is 373 Å². The van der Waals surface area contributed by atoms with Crippen LogP contribution < -0.4 is 0 Å². The van der Waals surface area contributed by atoms with Crippen LogP contribution in [-0.4, -0.2) is 95.9 Å². The zero-order valence-corrected chi connectivity index (χ0v) is 68.2. The van der Waals surface area contributed by atoms with Gasteiger partial charge in [0, 0.05) is 19.3 Å². The van der Waals surface area contributed by atoms with Gasteiger partial charge in [-0.15, -0.1) is 0 Å². The Bertz CT molecular complexity index is 2390. The highest BCUT2D eigenvalue weighted by Gasteiger charge is 2.29. The minimum Gasteiger partial charge on any atom is -0.463 e. The van der Waals surface area contributed by atoms with Crippen LogP contribution in [0.2, 0.25) is 0 Å². The Morgan fingerprint density at radius 3 is 0.790 bits per heavy atom. The van der Waals surface area contributed by atoms with Gasteiger partial charge in [0.05, 0.1) is 26.4 Å². The van der Waals surface area contributed by atoms with E-state index < -0.39 is 91.5 Å². The van der Waals surface area contributed by atoms with Crippen molar-refractivity contribution < 1.29 is 75.8 Å². The molecule has 0 heterocycles. The predicted octanol–water partition coefficient (Wildman–Crippen LogP) is 24.9. The van der Waals surface area contributed by atoms with Gasteiger partial charge in [-0.3, -0.25) is 32.5 Å². The second-order valence-electron chi connectivity index (χ2n) is 27.9.